The molecular weight excluding hydrogens is 178 g/mol. The lowest BCUT2D eigenvalue weighted by Crippen LogP contribution is -2.00. The highest BCUT2D eigenvalue weighted by atomic mass is 16.5. The van der Waals surface area contributed by atoms with Crippen molar-refractivity contribution < 1.29 is 4.74 Å². The van der Waals surface area contributed by atoms with Crippen LogP contribution in [0.2, 0.25) is 0 Å². The Balaban J connectivity index is 2.44. The molecule has 72 valence electrons. The van der Waals surface area contributed by atoms with Crippen molar-refractivity contribution in [1.29, 1.82) is 0 Å². The number of H-pyrrole nitrogens is 1. The first-order valence-electron chi connectivity index (χ1n) is 4.64. The molecule has 0 saturated carbocycles. The maximum absolute atomic E-state index is 5.88. The number of pyridine rings is 1. The normalized spacial score (nSPS) is 20.2. The molecule has 0 radical (unpaired) electrons. The Morgan fingerprint density at radius 1 is 1.64 bits per heavy atom. The quantitative estimate of drug-likeness (QED) is 0.663. The summed E-state index contributed by atoms with van der Waals surface area (Å²) >= 11 is 0. The van der Waals surface area contributed by atoms with Gasteiger partial charge in [0.2, 0.25) is 0 Å². The highest BCUT2D eigenvalue weighted by molar-refractivity contribution is 5.83. The van der Waals surface area contributed by atoms with Gasteiger partial charge in [0.05, 0.1) is 23.7 Å². The van der Waals surface area contributed by atoms with Crippen molar-refractivity contribution in [2.24, 2.45) is 0 Å². The number of nitrogen functional groups attached to an aromatic ring is 1. The van der Waals surface area contributed by atoms with E-state index in [0.29, 0.717) is 12.4 Å². The van der Waals surface area contributed by atoms with E-state index >= 15 is 0 Å². The van der Waals surface area contributed by atoms with Gasteiger partial charge in [0.25, 0.3) is 0 Å². The van der Waals surface area contributed by atoms with Gasteiger partial charge in [-0.25, -0.2) is 4.98 Å². The van der Waals surface area contributed by atoms with Gasteiger partial charge < -0.3 is 15.5 Å². The molecule has 1 aliphatic heterocycles. The van der Waals surface area contributed by atoms with E-state index in [2.05, 4.69) is 9.97 Å². The van der Waals surface area contributed by atoms with Crippen molar-refractivity contribution >= 4 is 16.9 Å². The Bertz CT molecular complexity index is 503. The van der Waals surface area contributed by atoms with Crippen LogP contribution in [0.1, 0.15) is 24.2 Å². The molecular formula is C10H11N3O. The largest absolute Gasteiger partial charge is 0.383 e. The number of hydrogen-bond donors (Lipinski definition) is 2. The predicted molar refractivity (Wildman–Crippen MR) is 53.7 cm³/mol. The van der Waals surface area contributed by atoms with Crippen LogP contribution in [0.15, 0.2) is 12.3 Å². The van der Waals surface area contributed by atoms with Gasteiger partial charge >= 0.3 is 0 Å². The van der Waals surface area contributed by atoms with Crippen LogP contribution in [-0.4, -0.2) is 9.97 Å². The van der Waals surface area contributed by atoms with Crippen LogP contribution >= 0.6 is 0 Å². The number of aromatic nitrogens is 2. The zero-order valence-corrected chi connectivity index (χ0v) is 7.87. The monoisotopic (exact) mass is 189 g/mol. The second-order valence-electron chi connectivity index (χ2n) is 3.58. The van der Waals surface area contributed by atoms with Crippen molar-refractivity contribution in [2.45, 2.75) is 19.6 Å². The molecule has 3 rings (SSSR count). The van der Waals surface area contributed by atoms with E-state index in [4.69, 9.17) is 10.5 Å². The lowest BCUT2D eigenvalue weighted by molar-refractivity contribution is 0.0801. The van der Waals surface area contributed by atoms with E-state index in [9.17, 15) is 0 Å². The van der Waals surface area contributed by atoms with Crippen molar-refractivity contribution in [3.63, 3.8) is 0 Å². The molecule has 3 heterocycles. The van der Waals surface area contributed by atoms with Crippen LogP contribution in [0.5, 0.6) is 0 Å². The van der Waals surface area contributed by atoms with Gasteiger partial charge in [-0.3, -0.25) is 0 Å². The summed E-state index contributed by atoms with van der Waals surface area (Å²) in [6, 6.07) is 1.93. The van der Waals surface area contributed by atoms with E-state index in [1.807, 2.05) is 19.2 Å². The minimum atomic E-state index is 0.0604. The fourth-order valence-electron chi connectivity index (χ4n) is 2.07. The fourth-order valence-corrected chi connectivity index (χ4v) is 2.07. The van der Waals surface area contributed by atoms with E-state index < -0.39 is 0 Å². The number of fused-ring (bicyclic) bond motifs is 3. The highest BCUT2D eigenvalue weighted by Crippen LogP contribution is 2.37. The molecule has 0 unspecified atom stereocenters. The molecule has 4 nitrogen and oxygen atoms in total. The first-order valence-corrected chi connectivity index (χ1v) is 4.64. The molecule has 0 bridgehead atoms. The topological polar surface area (TPSA) is 63.9 Å². The molecule has 0 spiro atoms. The molecule has 0 aromatic carbocycles. The van der Waals surface area contributed by atoms with E-state index in [1.54, 1.807) is 0 Å². The Morgan fingerprint density at radius 3 is 3.36 bits per heavy atom. The van der Waals surface area contributed by atoms with Gasteiger partial charge in [-0.05, 0) is 13.0 Å². The van der Waals surface area contributed by atoms with Crippen molar-refractivity contribution in [3.8, 4) is 0 Å². The highest BCUT2D eigenvalue weighted by Gasteiger charge is 2.25. The van der Waals surface area contributed by atoms with Gasteiger partial charge in [-0.2, -0.15) is 0 Å². The van der Waals surface area contributed by atoms with Crippen LogP contribution in [0.3, 0.4) is 0 Å². The average molecular weight is 189 g/mol. The van der Waals surface area contributed by atoms with Crippen molar-refractivity contribution in [3.05, 3.63) is 23.4 Å². The van der Waals surface area contributed by atoms with Crippen LogP contribution in [0.4, 0.5) is 5.82 Å². The van der Waals surface area contributed by atoms with E-state index in [1.165, 1.54) is 0 Å². The molecule has 2 aromatic heterocycles. The smallest absolute Gasteiger partial charge is 0.130 e. The number of nitrogens with one attached hydrogen (secondary N) is 1. The minimum Gasteiger partial charge on any atom is -0.383 e. The number of nitrogens with two attached hydrogens (primary N) is 1. The van der Waals surface area contributed by atoms with Crippen LogP contribution < -0.4 is 5.73 Å². The van der Waals surface area contributed by atoms with Gasteiger partial charge in [0.15, 0.2) is 0 Å². The first kappa shape index (κ1) is 7.82. The number of rotatable bonds is 0. The summed E-state index contributed by atoms with van der Waals surface area (Å²) in [5.41, 5.74) is 10.1. The van der Waals surface area contributed by atoms with E-state index in [-0.39, 0.29) is 6.10 Å². The Labute approximate surface area is 81.1 Å². The number of aromatic amines is 1. The minimum absolute atomic E-state index is 0.0604. The standard InChI is InChI=1S/C10H11N3O/c1-5-8-6(4-14-5)9-7(2-3-12-9)13-10(8)11/h2-3,5,12H,4H2,1H3,(H2,11,13)/t5-/m0/s1. The molecule has 3 N–H and O–H groups in total. The average Bonchev–Trinajstić information content (AvgIpc) is 2.71. The lowest BCUT2D eigenvalue weighted by Gasteiger charge is -2.06. The maximum atomic E-state index is 5.88. The van der Waals surface area contributed by atoms with Crippen molar-refractivity contribution in [1.82, 2.24) is 9.97 Å². The lowest BCUT2D eigenvalue weighted by atomic mass is 10.1. The summed E-state index contributed by atoms with van der Waals surface area (Å²) in [7, 11) is 0. The summed E-state index contributed by atoms with van der Waals surface area (Å²) in [5, 5.41) is 0. The van der Waals surface area contributed by atoms with Crippen LogP contribution in [0, 0.1) is 0 Å². The number of nitrogens with zero attached hydrogens (tertiary/aromatic N) is 1. The van der Waals surface area contributed by atoms with E-state index in [0.717, 1.165) is 22.2 Å². The second kappa shape index (κ2) is 2.48. The first-order chi connectivity index (χ1) is 6.77. The molecule has 1 atom stereocenters. The molecule has 1 aliphatic rings. The van der Waals surface area contributed by atoms with Gasteiger partial charge in [0, 0.05) is 17.3 Å². The second-order valence-corrected chi connectivity index (χ2v) is 3.58. The third kappa shape index (κ3) is 0.834. The maximum Gasteiger partial charge on any atom is 0.130 e. The molecule has 0 fully saturated rings. The molecule has 4 heteroatoms. The molecule has 0 saturated heterocycles. The van der Waals surface area contributed by atoms with Gasteiger partial charge in [-0.15, -0.1) is 0 Å². The molecule has 2 aromatic rings. The molecule has 0 amide bonds. The number of hydrogen-bond acceptors (Lipinski definition) is 3. The Kier molecular flexibility index (Phi) is 1.39. The summed E-state index contributed by atoms with van der Waals surface area (Å²) in [6.45, 7) is 2.62. The fraction of sp³-hybridized carbons (Fsp3) is 0.300. The molecule has 14 heavy (non-hydrogen) atoms. The zero-order chi connectivity index (χ0) is 9.71. The Morgan fingerprint density at radius 2 is 2.50 bits per heavy atom. The Hall–Kier alpha value is -1.55. The number of anilines is 1. The summed E-state index contributed by atoms with van der Waals surface area (Å²) in [5.74, 6) is 0.595. The van der Waals surface area contributed by atoms with Gasteiger partial charge in [-0.1, -0.05) is 0 Å². The molecule has 0 aliphatic carbocycles. The third-order valence-electron chi connectivity index (χ3n) is 2.75. The predicted octanol–water partition coefficient (Wildman–Crippen LogP) is 1.74. The van der Waals surface area contributed by atoms with Gasteiger partial charge in [0.1, 0.15) is 5.82 Å². The third-order valence-corrected chi connectivity index (χ3v) is 2.75. The summed E-state index contributed by atoms with van der Waals surface area (Å²) in [6.07, 6.45) is 1.94. The summed E-state index contributed by atoms with van der Waals surface area (Å²) < 4.78 is 5.54. The SMILES string of the molecule is C[C@@H]1OCc2c1c(N)nc1cc[nH]c21. The summed E-state index contributed by atoms with van der Waals surface area (Å²) in [4.78, 5) is 7.49. The van der Waals surface area contributed by atoms with Crippen LogP contribution in [-0.2, 0) is 11.3 Å². The zero-order valence-electron chi connectivity index (χ0n) is 7.87. The number of ether oxygens (including phenoxy) is 1. The van der Waals surface area contributed by atoms with Crippen molar-refractivity contribution in [2.75, 3.05) is 5.73 Å². The van der Waals surface area contributed by atoms with Crippen LogP contribution in [0.25, 0.3) is 11.0 Å².